The van der Waals surface area contributed by atoms with Crippen molar-refractivity contribution in [1.29, 1.82) is 0 Å². The zero-order valence-corrected chi connectivity index (χ0v) is 16.0. The molecule has 0 spiro atoms. The first-order valence-electron chi connectivity index (χ1n) is 8.61. The lowest BCUT2D eigenvalue weighted by Gasteiger charge is -2.27. The Balaban J connectivity index is 2.16. The summed E-state index contributed by atoms with van der Waals surface area (Å²) in [5, 5.41) is 2.05. The highest BCUT2D eigenvalue weighted by atomic mass is 32.1. The van der Waals surface area contributed by atoms with E-state index in [1.54, 1.807) is 16.2 Å². The van der Waals surface area contributed by atoms with Crippen LogP contribution in [0.5, 0.6) is 0 Å². The molecule has 0 N–H and O–H groups in total. The van der Waals surface area contributed by atoms with Crippen LogP contribution < -0.4 is 0 Å². The van der Waals surface area contributed by atoms with Crippen LogP contribution in [-0.4, -0.2) is 34.7 Å². The average Bonchev–Trinajstić information content (AvgIpc) is 2.99. The van der Waals surface area contributed by atoms with Crippen molar-refractivity contribution in [3.63, 3.8) is 0 Å². The highest BCUT2D eigenvalue weighted by molar-refractivity contribution is 7.10. The number of aryl methyl sites for hydroxylation is 1. The summed E-state index contributed by atoms with van der Waals surface area (Å²) in [6.07, 6.45) is 0.843. The van der Waals surface area contributed by atoms with Crippen LogP contribution >= 0.6 is 11.3 Å². The summed E-state index contributed by atoms with van der Waals surface area (Å²) in [7, 11) is 0. The van der Waals surface area contributed by atoms with Crippen LogP contribution in [0.2, 0.25) is 0 Å². The van der Waals surface area contributed by atoms with E-state index >= 15 is 0 Å². The molecule has 4 nitrogen and oxygen atoms in total. The smallest absolute Gasteiger partial charge is 0.242 e. The third kappa shape index (κ3) is 5.71. The van der Waals surface area contributed by atoms with Crippen molar-refractivity contribution in [1.82, 2.24) is 9.80 Å². The largest absolute Gasteiger partial charge is 0.334 e. The van der Waals surface area contributed by atoms with Gasteiger partial charge in [0.05, 0.1) is 13.1 Å². The van der Waals surface area contributed by atoms with Crippen LogP contribution in [0.25, 0.3) is 0 Å². The van der Waals surface area contributed by atoms with Crippen LogP contribution in [0.4, 0.5) is 0 Å². The summed E-state index contributed by atoms with van der Waals surface area (Å²) in [4.78, 5) is 29.4. The maximum atomic E-state index is 12.9. The van der Waals surface area contributed by atoms with Gasteiger partial charge in [-0.05, 0) is 35.9 Å². The lowest BCUT2D eigenvalue weighted by Crippen LogP contribution is -2.42. The lowest BCUT2D eigenvalue weighted by molar-refractivity contribution is -0.140. The molecule has 2 amide bonds. The Morgan fingerprint density at radius 1 is 1.04 bits per heavy atom. The van der Waals surface area contributed by atoms with Gasteiger partial charge in [-0.2, -0.15) is 0 Å². The van der Waals surface area contributed by atoms with Gasteiger partial charge in [-0.25, -0.2) is 0 Å². The Kier molecular flexibility index (Phi) is 7.19. The highest BCUT2D eigenvalue weighted by Gasteiger charge is 2.20. The van der Waals surface area contributed by atoms with E-state index in [2.05, 4.69) is 18.4 Å². The van der Waals surface area contributed by atoms with Crippen molar-refractivity contribution in [2.45, 2.75) is 40.3 Å². The molecule has 0 fully saturated rings. The molecule has 0 bridgehead atoms. The maximum Gasteiger partial charge on any atom is 0.242 e. The first kappa shape index (κ1) is 19.2. The minimum atomic E-state index is -0.0536. The molecule has 25 heavy (non-hydrogen) atoms. The van der Waals surface area contributed by atoms with E-state index < -0.39 is 0 Å². The minimum absolute atomic E-state index is 0.0136. The van der Waals surface area contributed by atoms with Crippen LogP contribution in [0.1, 0.15) is 36.3 Å². The number of benzene rings is 1. The summed E-state index contributed by atoms with van der Waals surface area (Å²) in [6, 6.07) is 12.1. The fourth-order valence-electron chi connectivity index (χ4n) is 2.66. The molecular weight excluding hydrogens is 332 g/mol. The quantitative estimate of drug-likeness (QED) is 0.719. The second kappa shape index (κ2) is 9.37. The second-order valence-electron chi connectivity index (χ2n) is 6.20. The maximum absolute atomic E-state index is 12.9. The van der Waals surface area contributed by atoms with Crippen molar-refractivity contribution in [2.75, 3.05) is 13.1 Å². The Bertz CT molecular complexity index is 697. The summed E-state index contributed by atoms with van der Waals surface area (Å²) < 4.78 is 0. The number of carbonyl (C=O) groups is 2. The van der Waals surface area contributed by atoms with E-state index in [1.807, 2.05) is 42.2 Å². The SMILES string of the molecule is CCCN(CC(=O)N(Cc1ccccc1)Cc1sccc1C)C(C)=O. The Labute approximate surface area is 154 Å². The molecule has 5 heteroatoms. The molecule has 2 aromatic rings. The Morgan fingerprint density at radius 2 is 1.76 bits per heavy atom. The van der Waals surface area contributed by atoms with Gasteiger partial charge in [-0.3, -0.25) is 9.59 Å². The summed E-state index contributed by atoms with van der Waals surface area (Å²) in [5.74, 6) is -0.0672. The van der Waals surface area contributed by atoms with Crippen molar-refractivity contribution < 1.29 is 9.59 Å². The van der Waals surface area contributed by atoms with Gasteiger partial charge in [0.2, 0.25) is 11.8 Å². The first-order valence-corrected chi connectivity index (χ1v) is 9.49. The van der Waals surface area contributed by atoms with Gasteiger partial charge in [0.25, 0.3) is 0 Å². The van der Waals surface area contributed by atoms with Crippen LogP contribution in [0, 0.1) is 6.92 Å². The number of thiophene rings is 1. The summed E-state index contributed by atoms with van der Waals surface area (Å²) in [5.41, 5.74) is 2.29. The lowest BCUT2D eigenvalue weighted by atomic mass is 10.2. The topological polar surface area (TPSA) is 40.6 Å². The molecule has 0 unspecified atom stereocenters. The van der Waals surface area contributed by atoms with E-state index in [1.165, 1.54) is 17.4 Å². The molecule has 0 aliphatic heterocycles. The third-order valence-corrected chi connectivity index (χ3v) is 5.14. The standard InChI is InChI=1S/C20H26N2O2S/c1-4-11-21(17(3)23)15-20(24)22(13-18-8-6-5-7-9-18)14-19-16(2)10-12-25-19/h5-10,12H,4,11,13-15H2,1-3H3. The van der Waals surface area contributed by atoms with E-state index in [0.29, 0.717) is 19.6 Å². The molecule has 2 rings (SSSR count). The van der Waals surface area contributed by atoms with Crippen LogP contribution in [0.15, 0.2) is 41.8 Å². The molecule has 0 saturated carbocycles. The van der Waals surface area contributed by atoms with E-state index in [4.69, 9.17) is 0 Å². The average molecular weight is 359 g/mol. The van der Waals surface area contributed by atoms with E-state index in [9.17, 15) is 9.59 Å². The molecule has 0 atom stereocenters. The number of carbonyl (C=O) groups excluding carboxylic acids is 2. The summed E-state index contributed by atoms with van der Waals surface area (Å²) in [6.45, 7) is 7.48. The molecule has 0 radical (unpaired) electrons. The van der Waals surface area contributed by atoms with Crippen molar-refractivity contribution in [3.8, 4) is 0 Å². The fraction of sp³-hybridized carbons (Fsp3) is 0.400. The Morgan fingerprint density at radius 3 is 2.32 bits per heavy atom. The minimum Gasteiger partial charge on any atom is -0.334 e. The van der Waals surface area contributed by atoms with E-state index in [-0.39, 0.29) is 18.4 Å². The third-order valence-electron chi connectivity index (χ3n) is 4.14. The number of hydrogen-bond donors (Lipinski definition) is 0. The van der Waals surface area contributed by atoms with Gasteiger partial charge in [-0.15, -0.1) is 11.3 Å². The number of hydrogen-bond acceptors (Lipinski definition) is 3. The number of amides is 2. The normalized spacial score (nSPS) is 10.5. The van der Waals surface area contributed by atoms with Gasteiger partial charge in [0.15, 0.2) is 0 Å². The van der Waals surface area contributed by atoms with Crippen molar-refractivity contribution in [2.24, 2.45) is 0 Å². The van der Waals surface area contributed by atoms with E-state index in [0.717, 1.165) is 12.0 Å². The van der Waals surface area contributed by atoms with Gasteiger partial charge in [0, 0.05) is 24.9 Å². The second-order valence-corrected chi connectivity index (χ2v) is 7.20. The number of nitrogens with zero attached hydrogens (tertiary/aromatic N) is 2. The molecule has 134 valence electrons. The number of rotatable bonds is 8. The predicted octanol–water partition coefficient (Wildman–Crippen LogP) is 3.84. The van der Waals surface area contributed by atoms with Crippen molar-refractivity contribution in [3.05, 3.63) is 57.8 Å². The zero-order chi connectivity index (χ0) is 18.2. The van der Waals surface area contributed by atoms with Gasteiger partial charge in [0.1, 0.15) is 0 Å². The van der Waals surface area contributed by atoms with Gasteiger partial charge in [-0.1, -0.05) is 37.3 Å². The summed E-state index contributed by atoms with van der Waals surface area (Å²) >= 11 is 1.67. The zero-order valence-electron chi connectivity index (χ0n) is 15.2. The fourth-order valence-corrected chi connectivity index (χ4v) is 3.58. The van der Waals surface area contributed by atoms with Crippen molar-refractivity contribution >= 4 is 23.2 Å². The van der Waals surface area contributed by atoms with Gasteiger partial charge >= 0.3 is 0 Å². The molecule has 0 aliphatic carbocycles. The molecule has 0 saturated heterocycles. The molecular formula is C20H26N2O2S. The van der Waals surface area contributed by atoms with Crippen LogP contribution in [0.3, 0.4) is 0 Å². The molecule has 1 aromatic heterocycles. The monoisotopic (exact) mass is 358 g/mol. The van der Waals surface area contributed by atoms with Gasteiger partial charge < -0.3 is 9.80 Å². The molecule has 0 aliphatic rings. The molecule has 1 heterocycles. The van der Waals surface area contributed by atoms with Crippen LogP contribution in [-0.2, 0) is 22.7 Å². The Hall–Kier alpha value is -2.14. The predicted molar refractivity (Wildman–Crippen MR) is 102 cm³/mol. The first-order chi connectivity index (χ1) is 12.0. The molecule has 1 aromatic carbocycles. The highest BCUT2D eigenvalue weighted by Crippen LogP contribution is 2.19.